The van der Waals surface area contributed by atoms with Gasteiger partial charge in [0.15, 0.2) is 0 Å². The summed E-state index contributed by atoms with van der Waals surface area (Å²) in [5.41, 5.74) is 0. The summed E-state index contributed by atoms with van der Waals surface area (Å²) in [6.45, 7) is 5.38. The van der Waals surface area contributed by atoms with Gasteiger partial charge in [0.25, 0.3) is 0 Å². The van der Waals surface area contributed by atoms with E-state index < -0.39 is 36.1 Å². The van der Waals surface area contributed by atoms with Gasteiger partial charge in [-0.25, -0.2) is 0 Å². The van der Waals surface area contributed by atoms with E-state index in [1.165, 1.54) is 0 Å². The van der Waals surface area contributed by atoms with Gasteiger partial charge < -0.3 is 4.74 Å². The van der Waals surface area contributed by atoms with Crippen LogP contribution in [-0.2, 0) is 4.74 Å². The van der Waals surface area contributed by atoms with Gasteiger partial charge in [0.1, 0.15) is 0 Å². The third-order valence-corrected chi connectivity index (χ3v) is 3.90. The van der Waals surface area contributed by atoms with Gasteiger partial charge in [-0.1, -0.05) is 26.7 Å². The third kappa shape index (κ3) is 3.86. The Labute approximate surface area is 125 Å². The molecule has 0 aromatic heterocycles. The molecule has 22 heavy (non-hydrogen) atoms. The van der Waals surface area contributed by atoms with Crippen LogP contribution in [0.4, 0.5) is 30.7 Å². The molecule has 1 saturated carbocycles. The van der Waals surface area contributed by atoms with Gasteiger partial charge in [0.05, 0.1) is 6.10 Å². The Morgan fingerprint density at radius 2 is 1.73 bits per heavy atom. The Balaban J connectivity index is 2.91. The third-order valence-electron chi connectivity index (χ3n) is 3.90. The van der Waals surface area contributed by atoms with E-state index in [0.29, 0.717) is 19.3 Å². The van der Waals surface area contributed by atoms with Gasteiger partial charge in [0.2, 0.25) is 0 Å². The highest BCUT2D eigenvalue weighted by molar-refractivity contribution is 4.99. The second-order valence-electron chi connectivity index (χ2n) is 5.50. The van der Waals surface area contributed by atoms with Crippen molar-refractivity contribution < 1.29 is 35.5 Å². The quantitative estimate of drug-likeness (QED) is 0.564. The molecule has 1 fully saturated rings. The van der Waals surface area contributed by atoms with Crippen LogP contribution in [0.1, 0.15) is 39.0 Å². The van der Waals surface area contributed by atoms with E-state index in [2.05, 4.69) is 11.7 Å². The van der Waals surface area contributed by atoms with Crippen LogP contribution in [0, 0.1) is 25.2 Å². The predicted molar refractivity (Wildman–Crippen MR) is 66.2 cm³/mol. The van der Waals surface area contributed by atoms with Crippen LogP contribution in [0.5, 0.6) is 0 Å². The lowest BCUT2D eigenvalue weighted by atomic mass is 9.94. The lowest BCUT2D eigenvalue weighted by molar-refractivity contribution is -0.434. The fourth-order valence-corrected chi connectivity index (χ4v) is 2.57. The second kappa shape index (κ2) is 6.93. The summed E-state index contributed by atoms with van der Waals surface area (Å²) in [6.07, 6.45) is -9.47. The summed E-state index contributed by atoms with van der Waals surface area (Å²) in [5, 5.41) is 0. The van der Waals surface area contributed by atoms with Crippen molar-refractivity contribution >= 4 is 0 Å². The lowest BCUT2D eigenvalue weighted by Crippen LogP contribution is -2.55. The molecule has 0 amide bonds. The van der Waals surface area contributed by atoms with Gasteiger partial charge in [-0.15, -0.1) is 0 Å². The molecular formula is C14H19F7O. The average molecular weight is 336 g/mol. The van der Waals surface area contributed by atoms with Crippen molar-refractivity contribution in [3.05, 3.63) is 13.3 Å². The Bertz CT molecular complexity index is 354. The molecule has 0 N–H and O–H groups in total. The molecule has 0 saturated heterocycles. The number of hydrogen-bond donors (Lipinski definition) is 0. The maximum Gasteiger partial charge on any atom is 0.462 e. The molecule has 1 rings (SSSR count). The van der Waals surface area contributed by atoms with Crippen LogP contribution >= 0.6 is 0 Å². The largest absolute Gasteiger partial charge is 0.462 e. The van der Waals surface area contributed by atoms with Crippen molar-refractivity contribution in [3.8, 4) is 0 Å². The molecule has 0 heterocycles. The number of hydrogen-bond acceptors (Lipinski definition) is 1. The van der Waals surface area contributed by atoms with Crippen LogP contribution in [0.2, 0.25) is 0 Å². The first-order chi connectivity index (χ1) is 9.98. The zero-order valence-corrected chi connectivity index (χ0v) is 12.1. The van der Waals surface area contributed by atoms with Crippen molar-refractivity contribution in [2.75, 3.05) is 0 Å². The number of rotatable bonds is 7. The maximum absolute atomic E-state index is 13.4. The standard InChI is InChI=1S/C14H19F7O/c1-3-5-6-10-8-7-9(4-2)11(10)22-14(20,21)12(15,16)13(17,18)19/h8-11H,2-7H2,1H3. The van der Waals surface area contributed by atoms with E-state index >= 15 is 0 Å². The van der Waals surface area contributed by atoms with Gasteiger partial charge in [-0.3, -0.25) is 0 Å². The topological polar surface area (TPSA) is 9.23 Å². The Morgan fingerprint density at radius 1 is 1.14 bits per heavy atom. The maximum atomic E-state index is 13.4. The van der Waals surface area contributed by atoms with Crippen LogP contribution in [0.15, 0.2) is 0 Å². The Kier molecular flexibility index (Phi) is 6.14. The van der Waals surface area contributed by atoms with Gasteiger partial charge in [-0.2, -0.15) is 30.7 Å². The van der Waals surface area contributed by atoms with Gasteiger partial charge >= 0.3 is 18.2 Å². The van der Waals surface area contributed by atoms with Crippen LogP contribution in [0.3, 0.4) is 0 Å². The Morgan fingerprint density at radius 3 is 2.18 bits per heavy atom. The average Bonchev–Trinajstić information content (AvgIpc) is 2.76. The van der Waals surface area contributed by atoms with Gasteiger partial charge in [-0.05, 0) is 37.5 Å². The smallest absolute Gasteiger partial charge is 0.311 e. The highest BCUT2D eigenvalue weighted by Gasteiger charge is 2.75. The SMILES string of the molecule is [CH2]CC1C[CH]C(CCCC)C1OC(F)(F)C(F)(F)C(F)(F)F. The normalized spacial score (nSPS) is 27.4. The van der Waals surface area contributed by atoms with Crippen LogP contribution in [-0.4, -0.2) is 24.3 Å². The summed E-state index contributed by atoms with van der Waals surface area (Å²) in [7, 11) is 0. The zero-order chi connectivity index (χ0) is 17.2. The van der Waals surface area contributed by atoms with Crippen molar-refractivity contribution in [2.45, 2.75) is 63.3 Å². The summed E-state index contributed by atoms with van der Waals surface area (Å²) in [6, 6.07) is 0. The zero-order valence-electron chi connectivity index (χ0n) is 12.1. The molecule has 130 valence electrons. The minimum atomic E-state index is -6.38. The van der Waals surface area contributed by atoms with E-state index in [9.17, 15) is 30.7 Å². The highest BCUT2D eigenvalue weighted by Crippen LogP contribution is 2.50. The molecule has 2 radical (unpaired) electrons. The molecule has 1 aliphatic carbocycles. The second-order valence-corrected chi connectivity index (χ2v) is 5.50. The number of unbranched alkanes of at least 4 members (excludes halogenated alkanes) is 1. The molecule has 0 aromatic rings. The molecule has 1 aliphatic rings. The van der Waals surface area contributed by atoms with Crippen molar-refractivity contribution in [3.63, 3.8) is 0 Å². The summed E-state index contributed by atoms with van der Waals surface area (Å²) in [4.78, 5) is 0. The minimum Gasteiger partial charge on any atom is -0.311 e. The van der Waals surface area contributed by atoms with E-state index in [1.54, 1.807) is 6.42 Å². The molecule has 8 heteroatoms. The predicted octanol–water partition coefficient (Wildman–Crippen LogP) is 5.42. The molecule has 3 atom stereocenters. The highest BCUT2D eigenvalue weighted by atomic mass is 19.4. The molecule has 3 unspecified atom stereocenters. The first-order valence-corrected chi connectivity index (χ1v) is 7.10. The van der Waals surface area contributed by atoms with E-state index in [0.717, 1.165) is 6.42 Å². The van der Waals surface area contributed by atoms with Crippen molar-refractivity contribution in [1.82, 2.24) is 0 Å². The fraction of sp³-hybridized carbons (Fsp3) is 0.857. The summed E-state index contributed by atoms with van der Waals surface area (Å²) >= 11 is 0. The summed E-state index contributed by atoms with van der Waals surface area (Å²) < 4.78 is 93.2. The molecule has 0 spiro atoms. The van der Waals surface area contributed by atoms with Crippen molar-refractivity contribution in [1.29, 1.82) is 0 Å². The first kappa shape index (κ1) is 19.5. The number of ether oxygens (including phenoxy) is 1. The molecule has 1 nitrogen and oxygen atoms in total. The Hall–Kier alpha value is -0.530. The number of halogens is 7. The molecule has 0 aromatic carbocycles. The van der Waals surface area contributed by atoms with Crippen molar-refractivity contribution in [2.24, 2.45) is 11.8 Å². The fourth-order valence-electron chi connectivity index (χ4n) is 2.57. The van der Waals surface area contributed by atoms with Crippen LogP contribution < -0.4 is 0 Å². The first-order valence-electron chi connectivity index (χ1n) is 7.10. The molecular weight excluding hydrogens is 317 g/mol. The molecule has 0 bridgehead atoms. The summed E-state index contributed by atoms with van der Waals surface area (Å²) in [5.74, 6) is -7.39. The van der Waals surface area contributed by atoms with Gasteiger partial charge in [0, 0.05) is 0 Å². The molecule has 0 aliphatic heterocycles. The lowest BCUT2D eigenvalue weighted by Gasteiger charge is -2.33. The number of alkyl halides is 7. The van der Waals surface area contributed by atoms with E-state index in [1.807, 2.05) is 6.92 Å². The van der Waals surface area contributed by atoms with E-state index in [-0.39, 0.29) is 6.42 Å². The van der Waals surface area contributed by atoms with Crippen LogP contribution in [0.25, 0.3) is 0 Å². The minimum absolute atomic E-state index is 0.122. The van der Waals surface area contributed by atoms with E-state index in [4.69, 9.17) is 0 Å². The monoisotopic (exact) mass is 336 g/mol.